The van der Waals surface area contributed by atoms with Crippen molar-refractivity contribution in [2.45, 2.75) is 31.6 Å². The summed E-state index contributed by atoms with van der Waals surface area (Å²) in [5.74, 6) is 0. The molecule has 1 aliphatic heterocycles. The molecule has 0 radical (unpaired) electrons. The molecule has 0 aromatic carbocycles. The number of thioether (sulfide) groups is 1. The molecular weight excluding hydrogens is 200 g/mol. The number of likely N-dealkylation sites (tertiary alicyclic amines) is 1. The first-order chi connectivity index (χ1) is 6.13. The second kappa shape index (κ2) is 5.05. The molecule has 0 bridgehead atoms. The van der Waals surface area contributed by atoms with E-state index in [2.05, 4.69) is 30.3 Å². The molecule has 0 spiro atoms. The molecule has 1 aliphatic rings. The Balaban J connectivity index is 2.33. The summed E-state index contributed by atoms with van der Waals surface area (Å²) in [4.78, 5) is 2.27. The van der Waals surface area contributed by atoms with Gasteiger partial charge in [0.05, 0.1) is 0 Å². The highest BCUT2D eigenvalue weighted by molar-refractivity contribution is 7.99. The monoisotopic (exact) mass is 218 g/mol. The van der Waals surface area contributed by atoms with Crippen molar-refractivity contribution >= 4 is 29.1 Å². The molecule has 4 heteroatoms. The van der Waals surface area contributed by atoms with Crippen LogP contribution in [0, 0.1) is 0 Å². The van der Waals surface area contributed by atoms with Gasteiger partial charge in [-0.1, -0.05) is 0 Å². The summed E-state index contributed by atoms with van der Waals surface area (Å²) < 4.78 is 0. The van der Waals surface area contributed by atoms with E-state index < -0.39 is 0 Å². The van der Waals surface area contributed by atoms with Crippen LogP contribution in [0.2, 0.25) is 0 Å². The van der Waals surface area contributed by atoms with Crippen LogP contribution < -0.4 is 5.32 Å². The maximum absolute atomic E-state index is 5.30. The lowest BCUT2D eigenvalue weighted by Crippen LogP contribution is -2.41. The smallest absolute Gasteiger partial charge is 0.169 e. The summed E-state index contributed by atoms with van der Waals surface area (Å²) in [6, 6.07) is 0.445. The normalized spacial score (nSPS) is 22.5. The van der Waals surface area contributed by atoms with Crippen molar-refractivity contribution in [1.82, 2.24) is 10.2 Å². The van der Waals surface area contributed by atoms with Gasteiger partial charge >= 0.3 is 0 Å². The lowest BCUT2D eigenvalue weighted by molar-refractivity contribution is 0.498. The molecular formula is C9H18N2S2. The number of hydrogen-bond donors (Lipinski definition) is 1. The molecule has 2 nitrogen and oxygen atoms in total. The van der Waals surface area contributed by atoms with Gasteiger partial charge in [0, 0.05) is 24.4 Å². The van der Waals surface area contributed by atoms with E-state index in [9.17, 15) is 0 Å². The standard InChI is InChI=1S/C9H18N2S2/c1-7(2)10-9(12)11-5-4-8(6-11)13-3/h7-8H,4-6H2,1-3H3,(H,10,12). The molecule has 1 heterocycles. The topological polar surface area (TPSA) is 15.3 Å². The van der Waals surface area contributed by atoms with Gasteiger partial charge in [0.15, 0.2) is 5.11 Å². The van der Waals surface area contributed by atoms with Crippen molar-refractivity contribution < 1.29 is 0 Å². The molecule has 0 aromatic heterocycles. The van der Waals surface area contributed by atoms with Gasteiger partial charge in [0.1, 0.15) is 0 Å². The summed E-state index contributed by atoms with van der Waals surface area (Å²) >= 11 is 7.24. The molecule has 0 aromatic rings. The zero-order valence-corrected chi connectivity index (χ0v) is 10.2. The number of hydrogen-bond acceptors (Lipinski definition) is 2. The van der Waals surface area contributed by atoms with Crippen LogP contribution in [0.3, 0.4) is 0 Å². The summed E-state index contributed by atoms with van der Waals surface area (Å²) in [6.07, 6.45) is 3.44. The molecule has 0 amide bonds. The number of nitrogens with one attached hydrogen (secondary N) is 1. The van der Waals surface area contributed by atoms with Crippen molar-refractivity contribution in [3.63, 3.8) is 0 Å². The zero-order chi connectivity index (χ0) is 9.84. The van der Waals surface area contributed by atoms with E-state index in [1.54, 1.807) is 0 Å². The average Bonchev–Trinajstić information content (AvgIpc) is 2.50. The first kappa shape index (κ1) is 11.1. The van der Waals surface area contributed by atoms with E-state index in [0.717, 1.165) is 23.5 Å². The van der Waals surface area contributed by atoms with Crippen molar-refractivity contribution in [1.29, 1.82) is 0 Å². The van der Waals surface area contributed by atoms with Crippen molar-refractivity contribution in [3.8, 4) is 0 Å². The largest absolute Gasteiger partial charge is 0.360 e. The average molecular weight is 218 g/mol. The minimum absolute atomic E-state index is 0.445. The van der Waals surface area contributed by atoms with Gasteiger partial charge in [-0.25, -0.2) is 0 Å². The highest BCUT2D eigenvalue weighted by atomic mass is 32.2. The van der Waals surface area contributed by atoms with Gasteiger partial charge in [-0.3, -0.25) is 0 Å². The maximum atomic E-state index is 5.30. The Kier molecular flexibility index (Phi) is 4.32. The summed E-state index contributed by atoms with van der Waals surface area (Å²) in [6.45, 7) is 6.46. The summed E-state index contributed by atoms with van der Waals surface area (Å²) in [5, 5.41) is 4.97. The Morgan fingerprint density at radius 2 is 2.31 bits per heavy atom. The number of nitrogens with zero attached hydrogens (tertiary/aromatic N) is 1. The molecule has 1 rings (SSSR count). The Morgan fingerprint density at radius 3 is 2.77 bits per heavy atom. The van der Waals surface area contributed by atoms with Crippen LogP contribution in [0.1, 0.15) is 20.3 Å². The van der Waals surface area contributed by atoms with Crippen LogP contribution in [-0.4, -0.2) is 40.6 Å². The van der Waals surface area contributed by atoms with Gasteiger partial charge < -0.3 is 10.2 Å². The van der Waals surface area contributed by atoms with Gasteiger partial charge in [-0.2, -0.15) is 11.8 Å². The van der Waals surface area contributed by atoms with Gasteiger partial charge in [0.25, 0.3) is 0 Å². The fourth-order valence-corrected chi connectivity index (χ4v) is 2.51. The zero-order valence-electron chi connectivity index (χ0n) is 8.54. The van der Waals surface area contributed by atoms with Gasteiger partial charge in [-0.05, 0) is 38.7 Å². The van der Waals surface area contributed by atoms with E-state index in [1.165, 1.54) is 6.42 Å². The molecule has 76 valence electrons. The third-order valence-electron chi connectivity index (χ3n) is 2.18. The lowest BCUT2D eigenvalue weighted by Gasteiger charge is -2.22. The predicted molar refractivity (Wildman–Crippen MR) is 64.4 cm³/mol. The van der Waals surface area contributed by atoms with E-state index >= 15 is 0 Å². The third kappa shape index (κ3) is 3.35. The maximum Gasteiger partial charge on any atom is 0.169 e. The minimum atomic E-state index is 0.445. The highest BCUT2D eigenvalue weighted by Crippen LogP contribution is 2.19. The molecule has 0 saturated carbocycles. The molecule has 1 saturated heterocycles. The fraction of sp³-hybridized carbons (Fsp3) is 0.889. The first-order valence-corrected chi connectivity index (χ1v) is 6.41. The Labute approximate surface area is 90.4 Å². The van der Waals surface area contributed by atoms with E-state index in [0.29, 0.717) is 6.04 Å². The highest BCUT2D eigenvalue weighted by Gasteiger charge is 2.23. The second-order valence-corrected chi connectivity index (χ2v) is 5.22. The van der Waals surface area contributed by atoms with Crippen LogP contribution in [0.5, 0.6) is 0 Å². The molecule has 13 heavy (non-hydrogen) atoms. The van der Waals surface area contributed by atoms with E-state index in [4.69, 9.17) is 12.2 Å². The molecule has 1 unspecified atom stereocenters. The molecule has 1 atom stereocenters. The van der Waals surface area contributed by atoms with E-state index in [1.807, 2.05) is 11.8 Å². The SMILES string of the molecule is CSC1CCN(C(=S)NC(C)C)C1. The number of rotatable bonds is 2. The summed E-state index contributed by atoms with van der Waals surface area (Å²) in [7, 11) is 0. The second-order valence-electron chi connectivity index (χ2n) is 3.70. The Hall–Kier alpha value is 0.0400. The quantitative estimate of drug-likeness (QED) is 0.709. The fourth-order valence-electron chi connectivity index (χ4n) is 1.44. The van der Waals surface area contributed by atoms with Crippen LogP contribution in [0.25, 0.3) is 0 Å². The number of thiocarbonyl (C=S) groups is 1. The third-order valence-corrected chi connectivity index (χ3v) is 3.61. The Morgan fingerprint density at radius 1 is 1.62 bits per heavy atom. The molecule has 1 fully saturated rings. The van der Waals surface area contributed by atoms with Crippen molar-refractivity contribution in [2.75, 3.05) is 19.3 Å². The minimum Gasteiger partial charge on any atom is -0.360 e. The van der Waals surface area contributed by atoms with Crippen LogP contribution in [0.4, 0.5) is 0 Å². The van der Waals surface area contributed by atoms with Crippen LogP contribution >= 0.6 is 24.0 Å². The van der Waals surface area contributed by atoms with Crippen LogP contribution in [-0.2, 0) is 0 Å². The van der Waals surface area contributed by atoms with E-state index in [-0.39, 0.29) is 0 Å². The summed E-state index contributed by atoms with van der Waals surface area (Å²) in [5.41, 5.74) is 0. The van der Waals surface area contributed by atoms with Gasteiger partial charge in [-0.15, -0.1) is 0 Å². The van der Waals surface area contributed by atoms with Gasteiger partial charge in [0.2, 0.25) is 0 Å². The Bertz CT molecular complexity index is 182. The first-order valence-electron chi connectivity index (χ1n) is 4.71. The van der Waals surface area contributed by atoms with Crippen molar-refractivity contribution in [3.05, 3.63) is 0 Å². The lowest BCUT2D eigenvalue weighted by atomic mass is 10.4. The predicted octanol–water partition coefficient (Wildman–Crippen LogP) is 1.71. The van der Waals surface area contributed by atoms with Crippen molar-refractivity contribution in [2.24, 2.45) is 0 Å². The molecule has 0 aliphatic carbocycles. The van der Waals surface area contributed by atoms with Crippen LogP contribution in [0.15, 0.2) is 0 Å². The molecule has 1 N–H and O–H groups in total.